The molecule has 0 aromatic rings. The normalized spacial score (nSPS) is 9.90. The van der Waals surface area contributed by atoms with Gasteiger partial charge in [0.05, 0.1) is 26.2 Å². The predicted octanol–water partition coefficient (Wildman–Crippen LogP) is 3.19. The fourth-order valence-corrected chi connectivity index (χ4v) is 2.77. The Morgan fingerprint density at radius 3 is 1.05 bits per heavy atom. The Labute approximate surface area is 127 Å². The van der Waals surface area contributed by atoms with Gasteiger partial charge in [0, 0.05) is 0 Å². The monoisotopic (exact) mass is 294 g/mol. The topological polar surface area (TPSA) is 87.5 Å². The lowest BCUT2D eigenvalue weighted by molar-refractivity contribution is -0.928. The molecule has 0 unspecified atom stereocenters. The van der Waals surface area contributed by atoms with Crippen molar-refractivity contribution in [3.05, 3.63) is 0 Å². The summed E-state index contributed by atoms with van der Waals surface area (Å²) in [5.41, 5.74) is 5.14. The molecule has 20 heavy (non-hydrogen) atoms. The van der Waals surface area contributed by atoms with Crippen LogP contribution in [0.5, 0.6) is 0 Å². The van der Waals surface area contributed by atoms with Crippen LogP contribution in [0, 0.1) is 0 Å². The fraction of sp³-hybridized carbons (Fsp3) is 1.00. The minimum atomic E-state index is 0. The molecule has 0 aromatic carbocycles. The van der Waals surface area contributed by atoms with Crippen LogP contribution in [0.15, 0.2) is 0 Å². The standard InChI is InChI=1S/C12H28N.C4H11N.2H2O/c1-5-9-13(10-6-2,11-7-3)12-8-4;1-2-3-4-5;;/h5-12H2,1-4H3;2-5H2,1H3;2*1H2/q+1;;;/p-1. The van der Waals surface area contributed by atoms with Crippen LogP contribution in [0.4, 0.5) is 0 Å². The van der Waals surface area contributed by atoms with E-state index in [1.54, 1.807) is 0 Å². The van der Waals surface area contributed by atoms with Crippen LogP contribution in [-0.4, -0.2) is 48.2 Å². The Hall–Kier alpha value is -0.160. The van der Waals surface area contributed by atoms with Crippen molar-refractivity contribution in [3.63, 3.8) is 0 Å². The largest absolute Gasteiger partial charge is 0.870 e. The fourth-order valence-electron chi connectivity index (χ4n) is 2.77. The van der Waals surface area contributed by atoms with Crippen LogP contribution in [-0.2, 0) is 0 Å². The summed E-state index contributed by atoms with van der Waals surface area (Å²) in [4.78, 5) is 0. The number of quaternary nitrogens is 1. The lowest BCUT2D eigenvalue weighted by atomic mass is 10.2. The summed E-state index contributed by atoms with van der Waals surface area (Å²) >= 11 is 0. The van der Waals surface area contributed by atoms with Gasteiger partial charge in [-0.05, 0) is 38.6 Å². The predicted molar refractivity (Wildman–Crippen MR) is 90.4 cm³/mol. The Kier molecular flexibility index (Phi) is 29.7. The third kappa shape index (κ3) is 15.9. The number of nitrogens with zero attached hydrogens (tertiary/aromatic N) is 1. The van der Waals surface area contributed by atoms with E-state index in [9.17, 15) is 0 Å². The quantitative estimate of drug-likeness (QED) is 0.627. The molecule has 0 radical (unpaired) electrons. The van der Waals surface area contributed by atoms with E-state index >= 15 is 0 Å². The zero-order valence-electron chi connectivity index (χ0n) is 14.7. The number of hydrogen-bond acceptors (Lipinski definition) is 2. The minimum absolute atomic E-state index is 0. The number of nitrogens with two attached hydrogens (primary N) is 1. The van der Waals surface area contributed by atoms with Crippen molar-refractivity contribution < 1.29 is 15.4 Å². The molecule has 0 atom stereocenters. The highest BCUT2D eigenvalue weighted by molar-refractivity contribution is 4.43. The van der Waals surface area contributed by atoms with Crippen LogP contribution in [0.2, 0.25) is 0 Å². The molecule has 0 aromatic heterocycles. The molecule has 0 spiro atoms. The molecule has 0 bridgehead atoms. The second-order valence-electron chi connectivity index (χ2n) is 5.38. The van der Waals surface area contributed by atoms with Gasteiger partial charge in [0.25, 0.3) is 0 Å². The minimum Gasteiger partial charge on any atom is -0.870 e. The van der Waals surface area contributed by atoms with Crippen molar-refractivity contribution in [2.45, 2.75) is 73.1 Å². The lowest BCUT2D eigenvalue weighted by Crippen LogP contribution is -2.50. The van der Waals surface area contributed by atoms with Crippen LogP contribution in [0.25, 0.3) is 0 Å². The number of rotatable bonds is 10. The molecule has 5 N–H and O–H groups in total. The Balaban J connectivity index is -0.000000158. The number of unbranched alkanes of at least 4 members (excludes halogenated alkanes) is 1. The van der Waals surface area contributed by atoms with E-state index in [1.165, 1.54) is 69.2 Å². The van der Waals surface area contributed by atoms with Gasteiger partial charge >= 0.3 is 0 Å². The van der Waals surface area contributed by atoms with Crippen molar-refractivity contribution in [1.29, 1.82) is 0 Å². The van der Waals surface area contributed by atoms with E-state index in [-0.39, 0.29) is 11.0 Å². The maximum atomic E-state index is 5.14. The summed E-state index contributed by atoms with van der Waals surface area (Å²) in [6.07, 6.45) is 7.72. The zero-order valence-corrected chi connectivity index (χ0v) is 14.7. The maximum Gasteiger partial charge on any atom is 0.0783 e. The molecule has 0 aliphatic heterocycles. The highest BCUT2D eigenvalue weighted by Crippen LogP contribution is 2.12. The van der Waals surface area contributed by atoms with Gasteiger partial charge in [0.1, 0.15) is 0 Å². The zero-order chi connectivity index (χ0) is 14.3. The molecule has 128 valence electrons. The smallest absolute Gasteiger partial charge is 0.0783 e. The van der Waals surface area contributed by atoms with Gasteiger partial charge in [0.2, 0.25) is 0 Å². The van der Waals surface area contributed by atoms with Crippen molar-refractivity contribution in [1.82, 2.24) is 0 Å². The van der Waals surface area contributed by atoms with Gasteiger partial charge in [-0.25, -0.2) is 0 Å². The third-order valence-corrected chi connectivity index (χ3v) is 3.35. The van der Waals surface area contributed by atoms with E-state index in [1.807, 2.05) is 0 Å². The van der Waals surface area contributed by atoms with Crippen LogP contribution < -0.4 is 5.73 Å². The first kappa shape index (κ1) is 28.1. The third-order valence-electron chi connectivity index (χ3n) is 3.35. The van der Waals surface area contributed by atoms with Gasteiger partial charge in [-0.1, -0.05) is 41.0 Å². The van der Waals surface area contributed by atoms with Gasteiger partial charge in [-0.3, -0.25) is 0 Å². The summed E-state index contributed by atoms with van der Waals surface area (Å²) in [5.74, 6) is 0. The summed E-state index contributed by atoms with van der Waals surface area (Å²) in [6, 6.07) is 0. The van der Waals surface area contributed by atoms with E-state index in [0.29, 0.717) is 0 Å². The summed E-state index contributed by atoms with van der Waals surface area (Å²) in [6.45, 7) is 17.8. The van der Waals surface area contributed by atoms with Crippen molar-refractivity contribution in [3.8, 4) is 0 Å². The molecule has 0 rings (SSSR count). The first-order valence-corrected chi connectivity index (χ1v) is 8.21. The molecule has 0 heterocycles. The molecule has 0 aliphatic carbocycles. The van der Waals surface area contributed by atoms with Crippen LogP contribution in [0.3, 0.4) is 0 Å². The molecule has 0 saturated carbocycles. The Morgan fingerprint density at radius 2 is 0.950 bits per heavy atom. The summed E-state index contributed by atoms with van der Waals surface area (Å²) in [5, 5.41) is 0. The van der Waals surface area contributed by atoms with E-state index in [0.717, 1.165) is 6.54 Å². The van der Waals surface area contributed by atoms with Gasteiger partial charge in [-0.15, -0.1) is 0 Å². The molecule has 0 amide bonds. The van der Waals surface area contributed by atoms with Crippen LogP contribution >= 0.6 is 0 Å². The van der Waals surface area contributed by atoms with E-state index in [4.69, 9.17) is 5.73 Å². The molecule has 4 nitrogen and oxygen atoms in total. The highest BCUT2D eigenvalue weighted by Gasteiger charge is 2.22. The van der Waals surface area contributed by atoms with Crippen molar-refractivity contribution in [2.75, 3.05) is 32.7 Å². The lowest BCUT2D eigenvalue weighted by Gasteiger charge is -2.38. The van der Waals surface area contributed by atoms with E-state index in [2.05, 4.69) is 34.6 Å². The SMILES string of the molecule is CCCCN.CCC[N+](CCC)(CCC)CCC.O.[OH-]. The average molecular weight is 295 g/mol. The van der Waals surface area contributed by atoms with Gasteiger partial charge in [0.15, 0.2) is 0 Å². The Bertz CT molecular complexity index is 124. The first-order chi connectivity index (χ1) is 8.66. The second kappa shape index (κ2) is 21.1. The summed E-state index contributed by atoms with van der Waals surface area (Å²) in [7, 11) is 0. The average Bonchev–Trinajstić information content (AvgIpc) is 2.32. The molecule has 4 heteroatoms. The Morgan fingerprint density at radius 1 is 0.650 bits per heavy atom. The number of hydrogen-bond donors (Lipinski definition) is 1. The molecular formula is C16H42N2O2. The van der Waals surface area contributed by atoms with Gasteiger partial charge < -0.3 is 21.2 Å². The molecular weight excluding hydrogens is 252 g/mol. The second-order valence-corrected chi connectivity index (χ2v) is 5.38. The van der Waals surface area contributed by atoms with Gasteiger partial charge in [-0.2, -0.15) is 0 Å². The van der Waals surface area contributed by atoms with E-state index < -0.39 is 0 Å². The van der Waals surface area contributed by atoms with Crippen molar-refractivity contribution >= 4 is 0 Å². The first-order valence-electron chi connectivity index (χ1n) is 8.21. The van der Waals surface area contributed by atoms with Crippen LogP contribution in [0.1, 0.15) is 73.1 Å². The highest BCUT2D eigenvalue weighted by atomic mass is 16.0. The molecule has 0 fully saturated rings. The maximum absolute atomic E-state index is 5.14. The summed E-state index contributed by atoms with van der Waals surface area (Å²) < 4.78 is 1.38. The molecule has 0 aliphatic rings. The molecule has 0 saturated heterocycles. The van der Waals surface area contributed by atoms with Crippen molar-refractivity contribution in [2.24, 2.45) is 5.73 Å².